The predicted octanol–water partition coefficient (Wildman–Crippen LogP) is 1.52. The Morgan fingerprint density at radius 1 is 1.17 bits per heavy atom. The Hall–Kier alpha value is -1.84. The highest BCUT2D eigenvalue weighted by Crippen LogP contribution is 2.25. The first-order chi connectivity index (χ1) is 8.72. The van der Waals surface area contributed by atoms with E-state index in [1.807, 2.05) is 12.1 Å². The summed E-state index contributed by atoms with van der Waals surface area (Å²) in [6.45, 7) is 3.24. The number of anilines is 2. The minimum Gasteiger partial charge on any atom is -0.399 e. The molecule has 0 aromatic heterocycles. The van der Waals surface area contributed by atoms with Crippen molar-refractivity contribution in [2.24, 2.45) is 0 Å². The smallest absolute Gasteiger partial charge is 0.0894 e. The summed E-state index contributed by atoms with van der Waals surface area (Å²) in [7, 11) is 2.11. The summed E-state index contributed by atoms with van der Waals surface area (Å²) in [6.07, 6.45) is 5.57. The van der Waals surface area contributed by atoms with Crippen LogP contribution in [0, 0.1) is 0 Å². The molecular weight excluding hydrogens is 224 g/mol. The molecule has 1 fully saturated rings. The second-order valence-electron chi connectivity index (χ2n) is 5.19. The van der Waals surface area contributed by atoms with E-state index in [9.17, 15) is 0 Å². The molecular formula is C14H20N4. The average molecular weight is 244 g/mol. The van der Waals surface area contributed by atoms with Gasteiger partial charge in [-0.2, -0.15) is 0 Å². The Bertz CT molecular complexity index is 440. The third-order valence-corrected chi connectivity index (χ3v) is 3.79. The van der Waals surface area contributed by atoms with Crippen LogP contribution in [0.25, 0.3) is 0 Å². The highest BCUT2D eigenvalue weighted by Gasteiger charge is 2.28. The Morgan fingerprint density at radius 3 is 2.61 bits per heavy atom. The van der Waals surface area contributed by atoms with E-state index in [-0.39, 0.29) is 0 Å². The minimum absolute atomic E-state index is 0.628. The normalized spacial score (nSPS) is 23.2. The SMILES string of the molecule is CN1C=CN(C2CCN(c3ccc(N)cc3)C2)C1. The molecule has 0 bridgehead atoms. The molecule has 0 radical (unpaired) electrons. The Morgan fingerprint density at radius 2 is 1.94 bits per heavy atom. The van der Waals surface area contributed by atoms with Gasteiger partial charge < -0.3 is 20.4 Å². The molecule has 2 aliphatic rings. The van der Waals surface area contributed by atoms with E-state index in [0.29, 0.717) is 6.04 Å². The van der Waals surface area contributed by atoms with E-state index < -0.39 is 0 Å². The van der Waals surface area contributed by atoms with Gasteiger partial charge in [-0.25, -0.2) is 0 Å². The monoisotopic (exact) mass is 244 g/mol. The molecule has 2 N–H and O–H groups in total. The van der Waals surface area contributed by atoms with Gasteiger partial charge in [0, 0.05) is 50.0 Å². The van der Waals surface area contributed by atoms with Crippen LogP contribution in [0.2, 0.25) is 0 Å². The van der Waals surface area contributed by atoms with Gasteiger partial charge in [0.25, 0.3) is 0 Å². The van der Waals surface area contributed by atoms with Crippen molar-refractivity contribution >= 4 is 11.4 Å². The van der Waals surface area contributed by atoms with Crippen molar-refractivity contribution in [1.29, 1.82) is 0 Å². The summed E-state index contributed by atoms with van der Waals surface area (Å²) in [5.74, 6) is 0. The lowest BCUT2D eigenvalue weighted by Crippen LogP contribution is -2.35. The van der Waals surface area contributed by atoms with Crippen molar-refractivity contribution in [3.63, 3.8) is 0 Å². The summed E-state index contributed by atoms with van der Waals surface area (Å²) < 4.78 is 0. The van der Waals surface area contributed by atoms with E-state index in [4.69, 9.17) is 5.73 Å². The molecule has 2 aliphatic heterocycles. The lowest BCUT2D eigenvalue weighted by molar-refractivity contribution is 0.243. The number of nitrogens with two attached hydrogens (primary N) is 1. The number of nitrogen functional groups attached to an aromatic ring is 1. The zero-order chi connectivity index (χ0) is 12.5. The van der Waals surface area contributed by atoms with Crippen molar-refractivity contribution < 1.29 is 0 Å². The zero-order valence-corrected chi connectivity index (χ0v) is 10.8. The lowest BCUT2D eigenvalue weighted by atomic mass is 10.2. The summed E-state index contributed by atoms with van der Waals surface area (Å²) in [6, 6.07) is 8.81. The van der Waals surface area contributed by atoms with Crippen LogP contribution in [0.15, 0.2) is 36.7 Å². The summed E-state index contributed by atoms with van der Waals surface area (Å²) in [5.41, 5.74) is 7.84. The van der Waals surface area contributed by atoms with Crippen LogP contribution in [0.1, 0.15) is 6.42 Å². The standard InChI is InChI=1S/C14H20N4/c1-16-8-9-18(11-16)14-6-7-17(10-14)13-4-2-12(15)3-5-13/h2-5,8-9,14H,6-7,10-11,15H2,1H3. The molecule has 1 aromatic rings. The lowest BCUT2D eigenvalue weighted by Gasteiger charge is -2.26. The molecule has 18 heavy (non-hydrogen) atoms. The molecule has 1 aromatic carbocycles. The zero-order valence-electron chi connectivity index (χ0n) is 10.8. The maximum absolute atomic E-state index is 5.73. The van der Waals surface area contributed by atoms with Gasteiger partial charge in [0.2, 0.25) is 0 Å². The molecule has 2 heterocycles. The highest BCUT2D eigenvalue weighted by molar-refractivity contribution is 5.53. The third kappa shape index (κ3) is 2.10. The maximum atomic E-state index is 5.73. The Labute approximate surface area is 108 Å². The number of hydrogen-bond acceptors (Lipinski definition) is 4. The van der Waals surface area contributed by atoms with Crippen molar-refractivity contribution in [2.45, 2.75) is 12.5 Å². The van der Waals surface area contributed by atoms with Crippen molar-refractivity contribution in [1.82, 2.24) is 9.80 Å². The first kappa shape index (κ1) is 11.3. The van der Waals surface area contributed by atoms with Gasteiger partial charge in [0.1, 0.15) is 0 Å². The molecule has 0 amide bonds. The van der Waals surface area contributed by atoms with E-state index in [2.05, 4.69) is 46.3 Å². The number of benzene rings is 1. The minimum atomic E-state index is 0.628. The molecule has 1 saturated heterocycles. The molecule has 1 atom stereocenters. The van der Waals surface area contributed by atoms with E-state index in [1.165, 1.54) is 12.1 Å². The van der Waals surface area contributed by atoms with Crippen molar-refractivity contribution in [3.05, 3.63) is 36.7 Å². The van der Waals surface area contributed by atoms with Crippen LogP contribution < -0.4 is 10.6 Å². The Balaban J connectivity index is 1.65. The molecule has 1 unspecified atom stereocenters. The van der Waals surface area contributed by atoms with Gasteiger partial charge in [-0.3, -0.25) is 0 Å². The van der Waals surface area contributed by atoms with Crippen LogP contribution in [0.5, 0.6) is 0 Å². The molecule has 4 heteroatoms. The summed E-state index contributed by atoms with van der Waals surface area (Å²) in [4.78, 5) is 7.08. The first-order valence-corrected chi connectivity index (χ1v) is 6.47. The van der Waals surface area contributed by atoms with Crippen molar-refractivity contribution in [3.8, 4) is 0 Å². The molecule has 0 spiro atoms. The average Bonchev–Trinajstić information content (AvgIpc) is 2.98. The van der Waals surface area contributed by atoms with Gasteiger partial charge in [-0.1, -0.05) is 0 Å². The van der Waals surface area contributed by atoms with Gasteiger partial charge in [-0.15, -0.1) is 0 Å². The van der Waals surface area contributed by atoms with Crippen LogP contribution >= 0.6 is 0 Å². The molecule has 4 nitrogen and oxygen atoms in total. The molecule has 3 rings (SSSR count). The summed E-state index contributed by atoms with van der Waals surface area (Å²) in [5, 5.41) is 0. The largest absolute Gasteiger partial charge is 0.399 e. The number of hydrogen-bond donors (Lipinski definition) is 1. The fraction of sp³-hybridized carbons (Fsp3) is 0.429. The van der Waals surface area contributed by atoms with E-state index in [1.54, 1.807) is 0 Å². The molecule has 0 saturated carbocycles. The molecule has 0 aliphatic carbocycles. The van der Waals surface area contributed by atoms with Crippen LogP contribution in [-0.2, 0) is 0 Å². The first-order valence-electron chi connectivity index (χ1n) is 6.47. The van der Waals surface area contributed by atoms with Gasteiger partial charge in [0.05, 0.1) is 6.67 Å². The van der Waals surface area contributed by atoms with Gasteiger partial charge >= 0.3 is 0 Å². The van der Waals surface area contributed by atoms with E-state index in [0.717, 1.165) is 25.4 Å². The third-order valence-electron chi connectivity index (χ3n) is 3.79. The van der Waals surface area contributed by atoms with Crippen LogP contribution in [0.4, 0.5) is 11.4 Å². The maximum Gasteiger partial charge on any atom is 0.0894 e. The number of nitrogens with zero attached hydrogens (tertiary/aromatic N) is 3. The van der Waals surface area contributed by atoms with Gasteiger partial charge in [0.15, 0.2) is 0 Å². The van der Waals surface area contributed by atoms with Crippen LogP contribution in [-0.4, -0.2) is 42.6 Å². The Kier molecular flexibility index (Phi) is 2.78. The second kappa shape index (κ2) is 4.44. The second-order valence-corrected chi connectivity index (χ2v) is 5.19. The quantitative estimate of drug-likeness (QED) is 0.800. The predicted molar refractivity (Wildman–Crippen MR) is 75.1 cm³/mol. The fourth-order valence-electron chi connectivity index (χ4n) is 2.72. The van der Waals surface area contributed by atoms with Gasteiger partial charge in [-0.05, 0) is 30.7 Å². The van der Waals surface area contributed by atoms with Crippen molar-refractivity contribution in [2.75, 3.05) is 37.4 Å². The van der Waals surface area contributed by atoms with Crippen LogP contribution in [0.3, 0.4) is 0 Å². The summed E-state index contributed by atoms with van der Waals surface area (Å²) >= 11 is 0. The van der Waals surface area contributed by atoms with E-state index >= 15 is 0 Å². The number of rotatable bonds is 2. The topological polar surface area (TPSA) is 35.7 Å². The fourth-order valence-corrected chi connectivity index (χ4v) is 2.72. The molecule has 96 valence electrons. The highest BCUT2D eigenvalue weighted by atomic mass is 15.4.